The third-order valence-corrected chi connectivity index (χ3v) is 16.5. The summed E-state index contributed by atoms with van der Waals surface area (Å²) in [5.41, 5.74) is 5.40. The second-order valence-electron chi connectivity index (χ2n) is 23.7. The van der Waals surface area contributed by atoms with Gasteiger partial charge in [-0.15, -0.1) is 0 Å². The fourth-order valence-electron chi connectivity index (χ4n) is 10.3. The molecule has 0 aliphatic heterocycles. The lowest BCUT2D eigenvalue weighted by atomic mass is 10.0. The van der Waals surface area contributed by atoms with Gasteiger partial charge in [0.25, 0.3) is 0 Å². The van der Waals surface area contributed by atoms with Crippen molar-refractivity contribution in [3.63, 3.8) is 0 Å². The van der Waals surface area contributed by atoms with Crippen molar-refractivity contribution < 1.29 is 37.6 Å². The molecule has 0 aromatic carbocycles. The lowest BCUT2D eigenvalue weighted by Crippen LogP contribution is -2.29. The van der Waals surface area contributed by atoms with Gasteiger partial charge in [-0.25, -0.2) is 4.57 Å². The van der Waals surface area contributed by atoms with Crippen molar-refractivity contribution in [1.29, 1.82) is 0 Å². The summed E-state index contributed by atoms with van der Waals surface area (Å²) in [6.45, 7) is 3.68. The topological polar surface area (TPSA) is 134 Å². The van der Waals surface area contributed by atoms with Gasteiger partial charge in [-0.05, 0) is 70.6 Å². The second kappa shape index (κ2) is 69.3. The molecule has 2 atom stereocenters. The number of carbonyl (C=O) groups excluding carboxylic acids is 2. The SMILES string of the molecule is CC/C=C\C/C=C\C/C=C\C/C=C\C/C=C\C/C=C\C/C=C\CCCCCCCCCCCCCC(=O)OC(COC(=O)CCCCCCCCCCCCCCCCCCCCCCCCCCCCCCCC)COP(=O)(O)OCCN. The molecule has 0 aliphatic rings. The van der Waals surface area contributed by atoms with Crippen LogP contribution in [0.3, 0.4) is 0 Å². The third kappa shape index (κ3) is 68.3. The summed E-state index contributed by atoms with van der Waals surface area (Å²) in [5, 5.41) is 0. The van der Waals surface area contributed by atoms with E-state index >= 15 is 0 Å². The smallest absolute Gasteiger partial charge is 0.462 e. The molecule has 0 aromatic heterocycles. The van der Waals surface area contributed by atoms with Crippen LogP contribution in [0.15, 0.2) is 85.1 Å². The highest BCUT2D eigenvalue weighted by molar-refractivity contribution is 7.47. The van der Waals surface area contributed by atoms with Gasteiger partial charge in [0.15, 0.2) is 6.10 Å². The zero-order valence-electron chi connectivity index (χ0n) is 54.9. The highest BCUT2D eigenvalue weighted by Gasteiger charge is 2.26. The zero-order chi connectivity index (χ0) is 60.9. The number of esters is 2. The molecule has 0 saturated carbocycles. The normalized spacial score (nSPS) is 13.4. The number of unbranched alkanes of at least 4 members (excludes halogenated alkanes) is 40. The number of carbonyl (C=O) groups is 2. The van der Waals surface area contributed by atoms with E-state index in [1.807, 2.05) is 0 Å². The quantitative estimate of drug-likeness (QED) is 0.0264. The lowest BCUT2D eigenvalue weighted by molar-refractivity contribution is -0.161. The molecule has 0 spiro atoms. The molecule has 10 heteroatoms. The summed E-state index contributed by atoms with van der Waals surface area (Å²) in [6, 6.07) is 0. The van der Waals surface area contributed by atoms with Gasteiger partial charge in [0.2, 0.25) is 0 Å². The number of phosphoric acid groups is 1. The molecule has 0 fully saturated rings. The van der Waals surface area contributed by atoms with Crippen LogP contribution >= 0.6 is 7.82 Å². The first-order chi connectivity index (χ1) is 41.3. The Hall–Kier alpha value is -2.81. The van der Waals surface area contributed by atoms with Gasteiger partial charge in [-0.1, -0.05) is 343 Å². The molecule has 9 nitrogen and oxygen atoms in total. The molecular weight excluding hydrogens is 1060 g/mol. The minimum atomic E-state index is -4.40. The van der Waals surface area contributed by atoms with Gasteiger partial charge < -0.3 is 20.1 Å². The number of hydrogen-bond acceptors (Lipinski definition) is 8. The fourth-order valence-corrected chi connectivity index (χ4v) is 11.1. The van der Waals surface area contributed by atoms with Gasteiger partial charge in [-0.3, -0.25) is 18.6 Å². The Bertz CT molecular complexity index is 1650. The molecule has 3 N–H and O–H groups in total. The summed E-state index contributed by atoms with van der Waals surface area (Å²) in [6.07, 6.45) is 92.5. The van der Waals surface area contributed by atoms with Gasteiger partial charge in [-0.2, -0.15) is 0 Å². The van der Waals surface area contributed by atoms with Gasteiger partial charge in [0.05, 0.1) is 13.2 Å². The first kappa shape index (κ1) is 81.2. The van der Waals surface area contributed by atoms with Crippen LogP contribution in [0.5, 0.6) is 0 Å². The van der Waals surface area contributed by atoms with E-state index in [0.29, 0.717) is 6.42 Å². The molecule has 488 valence electrons. The number of nitrogens with two attached hydrogens (primary N) is 1. The molecule has 2 unspecified atom stereocenters. The van der Waals surface area contributed by atoms with Gasteiger partial charge in [0.1, 0.15) is 6.61 Å². The first-order valence-electron chi connectivity index (χ1n) is 35.6. The Morgan fingerprint density at radius 2 is 0.655 bits per heavy atom. The Labute approximate surface area is 519 Å². The minimum absolute atomic E-state index is 0.0515. The third-order valence-electron chi connectivity index (χ3n) is 15.5. The fraction of sp³-hybridized carbons (Fsp3) is 0.784. The Kier molecular flexibility index (Phi) is 67.0. The van der Waals surface area contributed by atoms with Crippen LogP contribution in [-0.4, -0.2) is 49.3 Å². The second-order valence-corrected chi connectivity index (χ2v) is 25.2. The molecule has 0 saturated heterocycles. The van der Waals surface area contributed by atoms with E-state index in [4.69, 9.17) is 24.3 Å². The average Bonchev–Trinajstić information content (AvgIpc) is 3.55. The lowest BCUT2D eigenvalue weighted by Gasteiger charge is -2.19. The van der Waals surface area contributed by atoms with Crippen LogP contribution in [0.1, 0.15) is 341 Å². The van der Waals surface area contributed by atoms with E-state index in [2.05, 4.69) is 98.9 Å². The summed E-state index contributed by atoms with van der Waals surface area (Å²) < 4.78 is 33.2. The molecule has 0 bridgehead atoms. The number of rotatable bonds is 67. The maximum atomic E-state index is 12.8. The summed E-state index contributed by atoms with van der Waals surface area (Å²) in [4.78, 5) is 35.4. The van der Waals surface area contributed by atoms with E-state index < -0.39 is 26.5 Å². The Balaban J connectivity index is 3.88. The minimum Gasteiger partial charge on any atom is -0.462 e. The zero-order valence-corrected chi connectivity index (χ0v) is 55.8. The van der Waals surface area contributed by atoms with Crippen LogP contribution in [0.25, 0.3) is 0 Å². The molecule has 0 rings (SSSR count). The molecule has 0 aliphatic carbocycles. The largest absolute Gasteiger partial charge is 0.472 e. The van der Waals surface area contributed by atoms with Crippen LogP contribution < -0.4 is 5.73 Å². The van der Waals surface area contributed by atoms with Crippen molar-refractivity contribution in [3.05, 3.63) is 85.1 Å². The predicted octanol–water partition coefficient (Wildman–Crippen LogP) is 23.4. The van der Waals surface area contributed by atoms with Gasteiger partial charge in [0, 0.05) is 19.4 Å². The number of ether oxygens (including phenoxy) is 2. The summed E-state index contributed by atoms with van der Waals surface area (Å²) >= 11 is 0. The Morgan fingerprint density at radius 3 is 0.976 bits per heavy atom. The molecule has 0 heterocycles. The average molecular weight is 1200 g/mol. The van der Waals surface area contributed by atoms with Crippen molar-refractivity contribution in [1.82, 2.24) is 0 Å². The summed E-state index contributed by atoms with van der Waals surface area (Å²) in [5.74, 6) is -0.818. The van der Waals surface area contributed by atoms with Crippen LogP contribution in [-0.2, 0) is 32.7 Å². The van der Waals surface area contributed by atoms with Crippen LogP contribution in [0.2, 0.25) is 0 Å². The van der Waals surface area contributed by atoms with E-state index in [9.17, 15) is 19.0 Å². The van der Waals surface area contributed by atoms with Crippen molar-refractivity contribution >= 4 is 19.8 Å². The predicted molar refractivity (Wildman–Crippen MR) is 362 cm³/mol. The summed E-state index contributed by atoms with van der Waals surface area (Å²) in [7, 11) is -4.40. The monoisotopic (exact) mass is 1200 g/mol. The Morgan fingerprint density at radius 1 is 0.369 bits per heavy atom. The van der Waals surface area contributed by atoms with Crippen molar-refractivity contribution in [2.75, 3.05) is 26.4 Å². The number of allylic oxidation sites excluding steroid dienone is 14. The van der Waals surface area contributed by atoms with E-state index in [-0.39, 0.29) is 38.6 Å². The standard InChI is InChI=1S/C74H134NO8P/c1-3-5-7-9-11-13-15-17-19-21-23-25-27-29-31-33-35-36-37-39-41-43-45-47-49-51-53-55-57-59-61-63-65-67-74(77)83-72(71-82-84(78,79)81-69-68-75)70-80-73(76)66-64-62-60-58-56-54-52-50-48-46-44-42-40-38-34-32-30-28-26-24-22-20-18-16-14-12-10-8-6-4-2/h5,7,11,13,17,19,23,25,29,31,35-36,39,41,72H,3-4,6,8-10,12,14-16,18,20-22,24,26-28,30,32-34,37-38,40,42-71,75H2,1-2H3,(H,78,79)/b7-5-,13-11-,19-17-,25-23-,31-29-,36-35-,41-39-. The molecule has 84 heavy (non-hydrogen) atoms. The first-order valence-corrected chi connectivity index (χ1v) is 37.1. The highest BCUT2D eigenvalue weighted by atomic mass is 31.2. The molecule has 0 aromatic rings. The van der Waals surface area contributed by atoms with Crippen molar-refractivity contribution in [2.24, 2.45) is 5.73 Å². The number of phosphoric ester groups is 1. The maximum Gasteiger partial charge on any atom is 0.472 e. The van der Waals surface area contributed by atoms with Crippen molar-refractivity contribution in [2.45, 2.75) is 347 Å². The van der Waals surface area contributed by atoms with Crippen LogP contribution in [0.4, 0.5) is 0 Å². The maximum absolute atomic E-state index is 12.8. The van der Waals surface area contributed by atoms with E-state index in [0.717, 1.165) is 89.9 Å². The molecule has 0 radical (unpaired) electrons. The molecule has 0 amide bonds. The highest BCUT2D eigenvalue weighted by Crippen LogP contribution is 2.43. The van der Waals surface area contributed by atoms with Crippen LogP contribution in [0, 0.1) is 0 Å². The molecular formula is C74H134NO8P. The van der Waals surface area contributed by atoms with Crippen molar-refractivity contribution in [3.8, 4) is 0 Å². The van der Waals surface area contributed by atoms with E-state index in [1.54, 1.807) is 0 Å². The van der Waals surface area contributed by atoms with Gasteiger partial charge >= 0.3 is 19.8 Å². The number of hydrogen-bond donors (Lipinski definition) is 2. The van der Waals surface area contributed by atoms with E-state index in [1.165, 1.54) is 218 Å².